The van der Waals surface area contributed by atoms with Gasteiger partial charge in [0, 0.05) is 19.0 Å². The number of ether oxygens (including phenoxy) is 1. The fourth-order valence-corrected chi connectivity index (χ4v) is 4.55. The normalized spacial score (nSPS) is 11.5. The van der Waals surface area contributed by atoms with Gasteiger partial charge in [-0.05, 0) is 47.6 Å². The highest BCUT2D eigenvalue weighted by atomic mass is 32.2. The lowest BCUT2D eigenvalue weighted by atomic mass is 10.1. The smallest absolute Gasteiger partial charge is 0.408 e. The average Bonchev–Trinajstić information content (AvgIpc) is 2.88. The van der Waals surface area contributed by atoms with Crippen LogP contribution in [0.15, 0.2) is 89.8 Å². The standard InChI is InChI=1S/C26H26N4O6S2/c1-18(31)27-25(37)28-21-12-14-22(15-13-21)38(34,35)30-24(32)23(16-19-8-4-2-5-9-19)29-26(33)36-17-20-10-6-3-7-11-20/h2-15,23H,16-17H2,1H3,(H,29,33)(H,30,32)(H2,27,28,31,37)/t23-/m0/s1. The first-order valence-electron chi connectivity index (χ1n) is 11.4. The Morgan fingerprint density at radius 2 is 1.45 bits per heavy atom. The number of carbonyl (C=O) groups is 3. The number of hydrogen-bond acceptors (Lipinski definition) is 7. The van der Waals surface area contributed by atoms with Crippen molar-refractivity contribution in [3.05, 3.63) is 96.1 Å². The highest BCUT2D eigenvalue weighted by Crippen LogP contribution is 2.15. The summed E-state index contributed by atoms with van der Waals surface area (Å²) >= 11 is 4.98. The molecular formula is C26H26N4O6S2. The Balaban J connectivity index is 1.69. The van der Waals surface area contributed by atoms with E-state index < -0.39 is 28.1 Å². The lowest BCUT2D eigenvalue weighted by Gasteiger charge is -2.19. The van der Waals surface area contributed by atoms with Crippen molar-refractivity contribution < 1.29 is 27.5 Å². The van der Waals surface area contributed by atoms with Crippen LogP contribution in [0.2, 0.25) is 0 Å². The van der Waals surface area contributed by atoms with Gasteiger partial charge in [0.1, 0.15) is 12.6 Å². The van der Waals surface area contributed by atoms with Crippen molar-refractivity contribution in [3.8, 4) is 0 Å². The number of nitrogens with one attached hydrogen (secondary N) is 4. The summed E-state index contributed by atoms with van der Waals surface area (Å²) in [6.45, 7) is 1.28. The second-order valence-corrected chi connectivity index (χ2v) is 10.2. The third kappa shape index (κ3) is 8.98. The lowest BCUT2D eigenvalue weighted by Crippen LogP contribution is -2.49. The van der Waals surface area contributed by atoms with Crippen LogP contribution >= 0.6 is 12.2 Å². The Bertz CT molecular complexity index is 1380. The van der Waals surface area contributed by atoms with Gasteiger partial charge in [-0.2, -0.15) is 0 Å². The molecule has 0 aliphatic heterocycles. The summed E-state index contributed by atoms with van der Waals surface area (Å²) in [6.07, 6.45) is -0.834. The van der Waals surface area contributed by atoms with E-state index in [0.29, 0.717) is 11.3 Å². The molecule has 3 amide bonds. The van der Waals surface area contributed by atoms with Gasteiger partial charge in [-0.1, -0.05) is 60.7 Å². The number of carbonyl (C=O) groups excluding carboxylic acids is 3. The molecule has 0 bridgehead atoms. The molecule has 0 aromatic heterocycles. The largest absolute Gasteiger partial charge is 0.445 e. The summed E-state index contributed by atoms with van der Waals surface area (Å²) in [5, 5.41) is 7.64. The van der Waals surface area contributed by atoms with Crippen molar-refractivity contribution in [2.45, 2.75) is 30.9 Å². The van der Waals surface area contributed by atoms with Crippen LogP contribution < -0.4 is 20.7 Å². The molecule has 3 aromatic carbocycles. The van der Waals surface area contributed by atoms with Crippen LogP contribution in [0.4, 0.5) is 10.5 Å². The first kappa shape index (κ1) is 28.3. The van der Waals surface area contributed by atoms with Crippen LogP contribution in [0, 0.1) is 0 Å². The van der Waals surface area contributed by atoms with Gasteiger partial charge in [-0.25, -0.2) is 17.9 Å². The topological polar surface area (TPSA) is 143 Å². The van der Waals surface area contributed by atoms with Crippen molar-refractivity contribution in [2.75, 3.05) is 5.32 Å². The van der Waals surface area contributed by atoms with E-state index in [1.54, 1.807) is 54.6 Å². The molecule has 1 atom stereocenters. The van der Waals surface area contributed by atoms with E-state index in [4.69, 9.17) is 17.0 Å². The minimum absolute atomic E-state index is 0.0175. The zero-order valence-electron chi connectivity index (χ0n) is 20.3. The first-order chi connectivity index (χ1) is 18.1. The molecule has 4 N–H and O–H groups in total. The van der Waals surface area contributed by atoms with E-state index >= 15 is 0 Å². The second kappa shape index (κ2) is 13.3. The van der Waals surface area contributed by atoms with E-state index in [1.807, 2.05) is 10.8 Å². The van der Waals surface area contributed by atoms with Crippen molar-refractivity contribution in [2.24, 2.45) is 0 Å². The van der Waals surface area contributed by atoms with Crippen LogP contribution in [0.25, 0.3) is 0 Å². The van der Waals surface area contributed by atoms with Crippen LogP contribution in [0.3, 0.4) is 0 Å². The molecule has 0 saturated carbocycles. The Morgan fingerprint density at radius 3 is 2.03 bits per heavy atom. The number of thiocarbonyl (C=S) groups is 1. The summed E-state index contributed by atoms with van der Waals surface area (Å²) < 4.78 is 33.0. The molecular weight excluding hydrogens is 528 g/mol. The molecule has 0 spiro atoms. The number of anilines is 1. The lowest BCUT2D eigenvalue weighted by molar-refractivity contribution is -0.121. The minimum Gasteiger partial charge on any atom is -0.445 e. The zero-order chi connectivity index (χ0) is 27.5. The van der Waals surface area contributed by atoms with Gasteiger partial charge >= 0.3 is 6.09 Å². The number of rotatable bonds is 9. The van der Waals surface area contributed by atoms with Crippen molar-refractivity contribution >= 4 is 50.9 Å². The summed E-state index contributed by atoms with van der Waals surface area (Å²) in [4.78, 5) is 36.4. The summed E-state index contributed by atoms with van der Waals surface area (Å²) in [6, 6.07) is 22.0. The van der Waals surface area contributed by atoms with E-state index in [2.05, 4.69) is 16.0 Å². The molecule has 0 fully saturated rings. The highest BCUT2D eigenvalue weighted by molar-refractivity contribution is 7.90. The molecule has 3 aromatic rings. The van der Waals surface area contributed by atoms with Crippen molar-refractivity contribution in [1.29, 1.82) is 0 Å². The van der Waals surface area contributed by atoms with Gasteiger partial charge in [-0.3, -0.25) is 9.59 Å². The van der Waals surface area contributed by atoms with Gasteiger partial charge in [0.15, 0.2) is 5.11 Å². The number of amides is 3. The molecule has 198 valence electrons. The molecule has 38 heavy (non-hydrogen) atoms. The van der Waals surface area contributed by atoms with Gasteiger partial charge in [0.05, 0.1) is 4.90 Å². The molecule has 0 aliphatic rings. The average molecular weight is 555 g/mol. The maximum Gasteiger partial charge on any atom is 0.408 e. The van der Waals surface area contributed by atoms with Gasteiger partial charge in [0.25, 0.3) is 15.9 Å². The molecule has 0 unspecified atom stereocenters. The molecule has 0 aliphatic carbocycles. The third-order valence-electron chi connectivity index (χ3n) is 5.05. The van der Waals surface area contributed by atoms with Crippen LogP contribution in [-0.2, 0) is 37.4 Å². The van der Waals surface area contributed by atoms with Crippen LogP contribution in [0.5, 0.6) is 0 Å². The molecule has 10 nitrogen and oxygen atoms in total. The molecule has 12 heteroatoms. The predicted molar refractivity (Wildman–Crippen MR) is 146 cm³/mol. The van der Waals surface area contributed by atoms with E-state index in [0.717, 1.165) is 5.56 Å². The highest BCUT2D eigenvalue weighted by Gasteiger charge is 2.27. The summed E-state index contributed by atoms with van der Waals surface area (Å²) in [5.74, 6) is -1.29. The van der Waals surface area contributed by atoms with E-state index in [-0.39, 0.29) is 28.9 Å². The van der Waals surface area contributed by atoms with Crippen molar-refractivity contribution in [1.82, 2.24) is 15.4 Å². The molecule has 3 rings (SSSR count). The second-order valence-electron chi connectivity index (χ2n) is 8.08. The number of alkyl carbamates (subject to hydrolysis) is 1. The predicted octanol–water partition coefficient (Wildman–Crippen LogP) is 2.86. The quantitative estimate of drug-likeness (QED) is 0.296. The Kier molecular flexibility index (Phi) is 9.91. The molecule has 0 radical (unpaired) electrons. The molecule has 0 heterocycles. The van der Waals surface area contributed by atoms with Gasteiger partial charge < -0.3 is 20.7 Å². The first-order valence-corrected chi connectivity index (χ1v) is 13.3. The summed E-state index contributed by atoms with van der Waals surface area (Å²) in [5.41, 5.74) is 1.89. The van der Waals surface area contributed by atoms with E-state index in [1.165, 1.54) is 31.2 Å². The maximum absolute atomic E-state index is 13.0. The van der Waals surface area contributed by atoms with Crippen molar-refractivity contribution in [3.63, 3.8) is 0 Å². The monoisotopic (exact) mass is 554 g/mol. The molecule has 0 saturated heterocycles. The third-order valence-corrected chi connectivity index (χ3v) is 6.62. The Hall–Kier alpha value is -4.29. The Morgan fingerprint density at radius 1 is 0.868 bits per heavy atom. The number of benzene rings is 3. The van der Waals surface area contributed by atoms with Gasteiger partial charge in [0.2, 0.25) is 5.91 Å². The fourth-order valence-electron chi connectivity index (χ4n) is 3.27. The van der Waals surface area contributed by atoms with E-state index in [9.17, 15) is 22.8 Å². The number of hydrogen-bond donors (Lipinski definition) is 4. The number of sulfonamides is 1. The summed E-state index contributed by atoms with van der Waals surface area (Å²) in [7, 11) is -4.27. The Labute approximate surface area is 225 Å². The van der Waals surface area contributed by atoms with Crippen LogP contribution in [0.1, 0.15) is 18.1 Å². The maximum atomic E-state index is 13.0. The van der Waals surface area contributed by atoms with Crippen LogP contribution in [-0.4, -0.2) is 37.5 Å². The SMILES string of the molecule is CC(=O)NC(=S)Nc1ccc(S(=O)(=O)NC(=O)[C@H](Cc2ccccc2)NC(=O)OCc2ccccc2)cc1. The fraction of sp³-hybridized carbons (Fsp3) is 0.154. The zero-order valence-corrected chi connectivity index (χ0v) is 22.0. The van der Waals surface area contributed by atoms with Gasteiger partial charge in [-0.15, -0.1) is 0 Å². The minimum atomic E-state index is -4.27.